The van der Waals surface area contributed by atoms with Gasteiger partial charge in [-0.25, -0.2) is 0 Å². The van der Waals surface area contributed by atoms with Crippen LogP contribution < -0.4 is 10.5 Å². The van der Waals surface area contributed by atoms with Crippen LogP contribution in [0.25, 0.3) is 0 Å². The number of nitrogens with zero attached hydrogens (tertiary/aromatic N) is 1. The van der Waals surface area contributed by atoms with Crippen molar-refractivity contribution in [2.45, 2.75) is 19.9 Å². The average Bonchev–Trinajstić information content (AvgIpc) is 2.70. The van der Waals surface area contributed by atoms with Crippen molar-refractivity contribution in [3.05, 3.63) is 28.2 Å². The molecule has 2 rings (SSSR count). The summed E-state index contributed by atoms with van der Waals surface area (Å²) in [5.74, 6) is 2.38. The van der Waals surface area contributed by atoms with E-state index in [0.29, 0.717) is 6.54 Å². The van der Waals surface area contributed by atoms with Gasteiger partial charge in [-0.3, -0.25) is 4.90 Å². The normalized spacial score (nSPS) is 25.5. The fourth-order valence-corrected chi connectivity index (χ4v) is 3.25. The molecule has 3 nitrogen and oxygen atoms in total. The molecule has 3 unspecified atom stereocenters. The Kier molecular flexibility index (Phi) is 4.87. The Morgan fingerprint density at radius 2 is 2.00 bits per heavy atom. The Hall–Kier alpha value is -0.580. The summed E-state index contributed by atoms with van der Waals surface area (Å²) in [5, 5.41) is 0. The number of hydrogen-bond acceptors (Lipinski definition) is 3. The van der Waals surface area contributed by atoms with Crippen molar-refractivity contribution in [2.75, 3.05) is 26.7 Å². The number of benzene rings is 1. The molecule has 19 heavy (non-hydrogen) atoms. The summed E-state index contributed by atoms with van der Waals surface area (Å²) >= 11 is 3.54. The quantitative estimate of drug-likeness (QED) is 0.924. The molecule has 1 aliphatic heterocycles. The summed E-state index contributed by atoms with van der Waals surface area (Å²) in [6, 6.07) is 6.38. The first kappa shape index (κ1) is 14.8. The summed E-state index contributed by atoms with van der Waals surface area (Å²) in [6.45, 7) is 7.47. The SMILES string of the molecule is COc1ccc(Br)cc1C(CN)N1CC(C)C(C)C1. The van der Waals surface area contributed by atoms with Crippen LogP contribution in [0.4, 0.5) is 0 Å². The molecule has 1 aliphatic rings. The zero-order valence-electron chi connectivity index (χ0n) is 11.9. The number of likely N-dealkylation sites (tertiary alicyclic amines) is 1. The molecule has 1 saturated heterocycles. The molecule has 0 spiro atoms. The summed E-state index contributed by atoms with van der Waals surface area (Å²) in [5.41, 5.74) is 7.22. The Balaban J connectivity index is 2.29. The number of halogens is 1. The van der Waals surface area contributed by atoms with Crippen LogP contribution in [-0.2, 0) is 0 Å². The van der Waals surface area contributed by atoms with Crippen LogP contribution in [-0.4, -0.2) is 31.6 Å². The highest BCUT2D eigenvalue weighted by Crippen LogP contribution is 2.35. The van der Waals surface area contributed by atoms with Crippen LogP contribution in [0.5, 0.6) is 5.75 Å². The topological polar surface area (TPSA) is 38.5 Å². The van der Waals surface area contributed by atoms with Gasteiger partial charge >= 0.3 is 0 Å². The molecule has 0 bridgehead atoms. The molecule has 0 amide bonds. The van der Waals surface area contributed by atoms with E-state index < -0.39 is 0 Å². The molecule has 4 heteroatoms. The monoisotopic (exact) mass is 326 g/mol. The molecule has 3 atom stereocenters. The van der Waals surface area contributed by atoms with Gasteiger partial charge in [0, 0.05) is 29.7 Å². The van der Waals surface area contributed by atoms with Gasteiger partial charge in [-0.2, -0.15) is 0 Å². The van der Waals surface area contributed by atoms with E-state index in [9.17, 15) is 0 Å². The minimum atomic E-state index is 0.236. The van der Waals surface area contributed by atoms with Crippen LogP contribution in [0.3, 0.4) is 0 Å². The molecule has 106 valence electrons. The number of ether oxygens (including phenoxy) is 1. The third-order valence-corrected chi connectivity index (χ3v) is 4.72. The van der Waals surface area contributed by atoms with E-state index in [4.69, 9.17) is 10.5 Å². The van der Waals surface area contributed by atoms with E-state index >= 15 is 0 Å². The lowest BCUT2D eigenvalue weighted by Gasteiger charge is -2.28. The molecular formula is C15H23BrN2O. The van der Waals surface area contributed by atoms with Crippen LogP contribution in [0.1, 0.15) is 25.5 Å². The van der Waals surface area contributed by atoms with Crippen molar-refractivity contribution in [2.24, 2.45) is 17.6 Å². The third-order valence-electron chi connectivity index (χ3n) is 4.23. The molecule has 0 saturated carbocycles. The van der Waals surface area contributed by atoms with E-state index in [1.165, 1.54) is 5.56 Å². The van der Waals surface area contributed by atoms with Crippen molar-refractivity contribution in [3.63, 3.8) is 0 Å². The van der Waals surface area contributed by atoms with Crippen LogP contribution >= 0.6 is 15.9 Å². The summed E-state index contributed by atoms with van der Waals surface area (Å²) in [7, 11) is 1.72. The fourth-order valence-electron chi connectivity index (χ4n) is 2.87. The van der Waals surface area contributed by atoms with E-state index in [0.717, 1.165) is 35.1 Å². The first-order valence-electron chi connectivity index (χ1n) is 6.84. The Morgan fingerprint density at radius 3 is 2.53 bits per heavy atom. The number of rotatable bonds is 4. The van der Waals surface area contributed by atoms with E-state index in [-0.39, 0.29) is 6.04 Å². The van der Waals surface area contributed by atoms with Gasteiger partial charge in [0.1, 0.15) is 5.75 Å². The van der Waals surface area contributed by atoms with E-state index in [1.54, 1.807) is 7.11 Å². The summed E-state index contributed by atoms with van der Waals surface area (Å²) in [6.07, 6.45) is 0. The van der Waals surface area contributed by atoms with Gasteiger partial charge in [0.25, 0.3) is 0 Å². The Labute approximate surface area is 124 Å². The Bertz CT molecular complexity index is 428. The maximum Gasteiger partial charge on any atom is 0.123 e. The van der Waals surface area contributed by atoms with Crippen molar-refractivity contribution >= 4 is 15.9 Å². The lowest BCUT2D eigenvalue weighted by atomic mass is 10.0. The first-order valence-corrected chi connectivity index (χ1v) is 7.63. The maximum atomic E-state index is 6.04. The minimum Gasteiger partial charge on any atom is -0.496 e. The highest BCUT2D eigenvalue weighted by Gasteiger charge is 2.32. The zero-order chi connectivity index (χ0) is 14.0. The van der Waals surface area contributed by atoms with Crippen molar-refractivity contribution < 1.29 is 4.74 Å². The predicted octanol–water partition coefficient (Wildman–Crippen LogP) is 3.05. The minimum absolute atomic E-state index is 0.236. The van der Waals surface area contributed by atoms with Gasteiger partial charge in [0.15, 0.2) is 0 Å². The van der Waals surface area contributed by atoms with Crippen LogP contribution in [0.2, 0.25) is 0 Å². The summed E-state index contributed by atoms with van der Waals surface area (Å²) < 4.78 is 6.56. The Morgan fingerprint density at radius 1 is 1.37 bits per heavy atom. The highest BCUT2D eigenvalue weighted by atomic mass is 79.9. The predicted molar refractivity (Wildman–Crippen MR) is 82.4 cm³/mol. The van der Waals surface area contributed by atoms with Crippen molar-refractivity contribution in [3.8, 4) is 5.75 Å². The van der Waals surface area contributed by atoms with Gasteiger partial charge in [0.2, 0.25) is 0 Å². The van der Waals surface area contributed by atoms with Crippen molar-refractivity contribution in [1.82, 2.24) is 4.90 Å². The molecule has 0 radical (unpaired) electrons. The second-order valence-electron chi connectivity index (χ2n) is 5.55. The van der Waals surface area contributed by atoms with Crippen LogP contribution in [0, 0.1) is 11.8 Å². The van der Waals surface area contributed by atoms with Gasteiger partial charge < -0.3 is 10.5 Å². The van der Waals surface area contributed by atoms with Gasteiger partial charge in [0.05, 0.1) is 13.2 Å². The van der Waals surface area contributed by atoms with Crippen molar-refractivity contribution in [1.29, 1.82) is 0 Å². The molecule has 0 aromatic heterocycles. The van der Waals surface area contributed by atoms with Crippen LogP contribution in [0.15, 0.2) is 22.7 Å². The number of hydrogen-bond donors (Lipinski definition) is 1. The average molecular weight is 327 g/mol. The van der Waals surface area contributed by atoms with Gasteiger partial charge in [-0.05, 0) is 30.0 Å². The number of methoxy groups -OCH3 is 1. The summed E-state index contributed by atoms with van der Waals surface area (Å²) in [4.78, 5) is 2.49. The first-order chi connectivity index (χ1) is 9.06. The van der Waals surface area contributed by atoms with Gasteiger partial charge in [-0.15, -0.1) is 0 Å². The molecule has 1 heterocycles. The lowest BCUT2D eigenvalue weighted by molar-refractivity contribution is 0.234. The highest BCUT2D eigenvalue weighted by molar-refractivity contribution is 9.10. The molecule has 0 aliphatic carbocycles. The standard InChI is InChI=1S/C15H23BrN2O/c1-10-8-18(9-11(10)2)14(7-17)13-6-12(16)4-5-15(13)19-3/h4-6,10-11,14H,7-9,17H2,1-3H3. The maximum absolute atomic E-state index is 6.04. The molecule has 1 fully saturated rings. The second-order valence-corrected chi connectivity index (χ2v) is 6.46. The fraction of sp³-hybridized carbons (Fsp3) is 0.600. The zero-order valence-corrected chi connectivity index (χ0v) is 13.5. The van der Waals surface area contributed by atoms with E-state index in [1.807, 2.05) is 12.1 Å². The second kappa shape index (κ2) is 6.25. The van der Waals surface area contributed by atoms with Gasteiger partial charge in [-0.1, -0.05) is 29.8 Å². The number of nitrogens with two attached hydrogens (primary N) is 1. The molecule has 2 N–H and O–H groups in total. The third kappa shape index (κ3) is 3.12. The van der Waals surface area contributed by atoms with E-state index in [2.05, 4.69) is 40.7 Å². The molecule has 1 aromatic carbocycles. The largest absolute Gasteiger partial charge is 0.496 e. The molecule has 1 aromatic rings. The lowest BCUT2D eigenvalue weighted by Crippen LogP contribution is -2.32. The molecular weight excluding hydrogens is 304 g/mol. The smallest absolute Gasteiger partial charge is 0.123 e.